The highest BCUT2D eigenvalue weighted by molar-refractivity contribution is 5.92. The number of furan rings is 1. The van der Waals surface area contributed by atoms with Gasteiger partial charge in [-0.2, -0.15) is 0 Å². The van der Waals surface area contributed by atoms with Crippen LogP contribution in [0.15, 0.2) is 34.9 Å². The monoisotopic (exact) mass is 288 g/mol. The second kappa shape index (κ2) is 4.80. The van der Waals surface area contributed by atoms with Gasteiger partial charge in [-0.1, -0.05) is 0 Å². The number of amides is 2. The first kappa shape index (κ1) is 13.5. The zero-order valence-electron chi connectivity index (χ0n) is 11.6. The van der Waals surface area contributed by atoms with Crippen LogP contribution in [0.5, 0.6) is 0 Å². The Morgan fingerprint density at radius 1 is 1.38 bits per heavy atom. The van der Waals surface area contributed by atoms with Crippen molar-refractivity contribution in [2.75, 3.05) is 18.4 Å². The molecule has 1 aliphatic heterocycles. The standard InChI is InChI=1S/C15H16N2O4/c1-15(13(18)19)5-6-17(9-15)14(20)16-11-3-2-10-4-7-21-12(10)8-11/h2-4,7-8H,5-6,9H2,1H3,(H,16,20)(H,18,19). The molecule has 1 aromatic heterocycles. The van der Waals surface area contributed by atoms with Gasteiger partial charge in [0.15, 0.2) is 0 Å². The largest absolute Gasteiger partial charge is 0.481 e. The van der Waals surface area contributed by atoms with Crippen LogP contribution in [0.2, 0.25) is 0 Å². The van der Waals surface area contributed by atoms with E-state index in [4.69, 9.17) is 4.42 Å². The number of hydrogen-bond acceptors (Lipinski definition) is 3. The third-order valence-electron chi connectivity index (χ3n) is 3.98. The Hall–Kier alpha value is -2.50. The van der Waals surface area contributed by atoms with E-state index in [1.165, 1.54) is 4.90 Å². The molecule has 0 aliphatic carbocycles. The molecule has 1 aliphatic rings. The molecule has 6 nitrogen and oxygen atoms in total. The molecule has 1 saturated heterocycles. The van der Waals surface area contributed by atoms with Crippen molar-refractivity contribution in [2.45, 2.75) is 13.3 Å². The summed E-state index contributed by atoms with van der Waals surface area (Å²) in [5.41, 5.74) is 0.471. The highest BCUT2D eigenvalue weighted by atomic mass is 16.4. The third-order valence-corrected chi connectivity index (χ3v) is 3.98. The molecule has 0 spiro atoms. The fourth-order valence-electron chi connectivity index (χ4n) is 2.54. The van der Waals surface area contributed by atoms with E-state index in [0.29, 0.717) is 24.2 Å². The summed E-state index contributed by atoms with van der Waals surface area (Å²) >= 11 is 0. The topological polar surface area (TPSA) is 82.8 Å². The first-order chi connectivity index (χ1) is 9.98. The first-order valence-corrected chi connectivity index (χ1v) is 6.74. The molecular weight excluding hydrogens is 272 g/mol. The molecule has 0 radical (unpaired) electrons. The van der Waals surface area contributed by atoms with Crippen molar-refractivity contribution in [3.05, 3.63) is 30.5 Å². The van der Waals surface area contributed by atoms with Gasteiger partial charge in [0.25, 0.3) is 0 Å². The number of likely N-dealkylation sites (tertiary alicyclic amines) is 1. The molecule has 21 heavy (non-hydrogen) atoms. The van der Waals surface area contributed by atoms with Crippen molar-refractivity contribution < 1.29 is 19.1 Å². The molecular formula is C15H16N2O4. The van der Waals surface area contributed by atoms with Crippen LogP contribution in [0.3, 0.4) is 0 Å². The van der Waals surface area contributed by atoms with E-state index in [2.05, 4.69) is 5.32 Å². The average Bonchev–Trinajstić information content (AvgIpc) is 3.05. The van der Waals surface area contributed by atoms with Crippen molar-refractivity contribution >= 4 is 28.7 Å². The van der Waals surface area contributed by atoms with Crippen molar-refractivity contribution in [2.24, 2.45) is 5.41 Å². The van der Waals surface area contributed by atoms with Crippen molar-refractivity contribution in [3.8, 4) is 0 Å². The Morgan fingerprint density at radius 2 is 2.19 bits per heavy atom. The van der Waals surface area contributed by atoms with Crippen LogP contribution < -0.4 is 5.32 Å². The van der Waals surface area contributed by atoms with E-state index in [1.54, 1.807) is 25.3 Å². The maximum atomic E-state index is 12.2. The number of fused-ring (bicyclic) bond motifs is 1. The number of carbonyl (C=O) groups is 2. The maximum absolute atomic E-state index is 12.2. The summed E-state index contributed by atoms with van der Waals surface area (Å²) in [6.07, 6.45) is 2.06. The lowest BCUT2D eigenvalue weighted by Crippen LogP contribution is -2.37. The highest BCUT2D eigenvalue weighted by Gasteiger charge is 2.42. The van der Waals surface area contributed by atoms with Gasteiger partial charge in [0.2, 0.25) is 0 Å². The van der Waals surface area contributed by atoms with E-state index in [9.17, 15) is 14.7 Å². The van der Waals surface area contributed by atoms with Crippen LogP contribution in [-0.4, -0.2) is 35.1 Å². The average molecular weight is 288 g/mol. The summed E-state index contributed by atoms with van der Waals surface area (Å²) in [5, 5.41) is 12.9. The number of carboxylic acid groups (broad SMARTS) is 1. The van der Waals surface area contributed by atoms with Crippen LogP contribution in [0, 0.1) is 5.41 Å². The summed E-state index contributed by atoms with van der Waals surface area (Å²) in [5.74, 6) is -0.866. The van der Waals surface area contributed by atoms with Crippen LogP contribution in [0.4, 0.5) is 10.5 Å². The molecule has 1 unspecified atom stereocenters. The minimum atomic E-state index is -0.866. The molecule has 1 fully saturated rings. The Balaban J connectivity index is 1.70. The van der Waals surface area contributed by atoms with E-state index in [0.717, 1.165) is 5.39 Å². The first-order valence-electron chi connectivity index (χ1n) is 6.74. The predicted octanol–water partition coefficient (Wildman–Crippen LogP) is 2.76. The summed E-state index contributed by atoms with van der Waals surface area (Å²) < 4.78 is 5.29. The van der Waals surface area contributed by atoms with Gasteiger partial charge in [-0.15, -0.1) is 0 Å². The summed E-state index contributed by atoms with van der Waals surface area (Å²) in [6, 6.07) is 6.97. The summed E-state index contributed by atoms with van der Waals surface area (Å²) in [6.45, 7) is 2.33. The third kappa shape index (κ3) is 2.44. The minimum absolute atomic E-state index is 0.219. The Labute approximate surface area is 121 Å². The predicted molar refractivity (Wildman–Crippen MR) is 77.2 cm³/mol. The molecule has 0 bridgehead atoms. The number of nitrogens with one attached hydrogen (secondary N) is 1. The number of aliphatic carboxylic acids is 1. The molecule has 3 rings (SSSR count). The van der Waals surface area contributed by atoms with Crippen LogP contribution >= 0.6 is 0 Å². The number of hydrogen-bond donors (Lipinski definition) is 2. The van der Waals surface area contributed by atoms with E-state index in [1.807, 2.05) is 12.1 Å². The molecule has 2 heterocycles. The summed E-state index contributed by atoms with van der Waals surface area (Å²) in [7, 11) is 0. The Bertz CT molecular complexity index is 709. The number of urea groups is 1. The van der Waals surface area contributed by atoms with Crippen molar-refractivity contribution in [3.63, 3.8) is 0 Å². The SMILES string of the molecule is CC1(C(=O)O)CCN(C(=O)Nc2ccc3ccoc3c2)C1. The molecule has 0 saturated carbocycles. The molecule has 110 valence electrons. The van der Waals surface area contributed by atoms with Gasteiger partial charge in [-0.3, -0.25) is 4.79 Å². The van der Waals surface area contributed by atoms with E-state index in [-0.39, 0.29) is 12.6 Å². The zero-order valence-corrected chi connectivity index (χ0v) is 11.6. The second-order valence-electron chi connectivity index (χ2n) is 5.64. The number of carbonyl (C=O) groups excluding carboxylic acids is 1. The Kier molecular flexibility index (Phi) is 3.08. The van der Waals surface area contributed by atoms with E-state index < -0.39 is 11.4 Å². The lowest BCUT2D eigenvalue weighted by atomic mass is 9.90. The normalized spacial score (nSPS) is 21.7. The number of anilines is 1. The van der Waals surface area contributed by atoms with Crippen LogP contribution in [-0.2, 0) is 4.79 Å². The van der Waals surface area contributed by atoms with Gasteiger partial charge in [0.05, 0.1) is 11.7 Å². The van der Waals surface area contributed by atoms with Gasteiger partial charge in [0, 0.05) is 30.2 Å². The quantitative estimate of drug-likeness (QED) is 0.890. The fourth-order valence-corrected chi connectivity index (χ4v) is 2.54. The van der Waals surface area contributed by atoms with Crippen molar-refractivity contribution in [1.29, 1.82) is 0 Å². The second-order valence-corrected chi connectivity index (χ2v) is 5.64. The molecule has 6 heteroatoms. The number of nitrogens with zero attached hydrogens (tertiary/aromatic N) is 1. The van der Waals surface area contributed by atoms with Crippen LogP contribution in [0.1, 0.15) is 13.3 Å². The number of benzene rings is 1. The van der Waals surface area contributed by atoms with Crippen molar-refractivity contribution in [1.82, 2.24) is 4.90 Å². The van der Waals surface area contributed by atoms with Gasteiger partial charge < -0.3 is 19.7 Å². The number of rotatable bonds is 2. The lowest BCUT2D eigenvalue weighted by molar-refractivity contribution is -0.146. The molecule has 2 amide bonds. The molecule has 2 aromatic rings. The Morgan fingerprint density at radius 3 is 2.90 bits per heavy atom. The van der Waals surface area contributed by atoms with Crippen LogP contribution in [0.25, 0.3) is 11.0 Å². The molecule has 1 atom stereocenters. The summed E-state index contributed by atoms with van der Waals surface area (Å²) in [4.78, 5) is 24.9. The minimum Gasteiger partial charge on any atom is -0.481 e. The zero-order chi connectivity index (χ0) is 15.0. The molecule has 2 N–H and O–H groups in total. The maximum Gasteiger partial charge on any atom is 0.321 e. The lowest BCUT2D eigenvalue weighted by Gasteiger charge is -2.20. The van der Waals surface area contributed by atoms with Gasteiger partial charge in [0.1, 0.15) is 5.58 Å². The van der Waals surface area contributed by atoms with Gasteiger partial charge in [-0.25, -0.2) is 4.79 Å². The number of carboxylic acids is 1. The van der Waals surface area contributed by atoms with Gasteiger partial charge in [-0.05, 0) is 31.5 Å². The van der Waals surface area contributed by atoms with Gasteiger partial charge >= 0.3 is 12.0 Å². The van der Waals surface area contributed by atoms with E-state index >= 15 is 0 Å². The highest BCUT2D eigenvalue weighted by Crippen LogP contribution is 2.30. The fraction of sp³-hybridized carbons (Fsp3) is 0.333. The molecule has 1 aromatic carbocycles. The smallest absolute Gasteiger partial charge is 0.321 e.